The van der Waals surface area contributed by atoms with Crippen molar-refractivity contribution in [2.75, 3.05) is 5.32 Å². The first-order chi connectivity index (χ1) is 8.15. The van der Waals surface area contributed by atoms with Crippen LogP contribution in [0.5, 0.6) is 0 Å². The molecule has 0 fully saturated rings. The van der Waals surface area contributed by atoms with Gasteiger partial charge in [-0.3, -0.25) is 0 Å². The molecule has 0 unspecified atom stereocenters. The lowest BCUT2D eigenvalue weighted by Crippen LogP contribution is -2.00. The van der Waals surface area contributed by atoms with Gasteiger partial charge in [0.15, 0.2) is 0 Å². The van der Waals surface area contributed by atoms with E-state index in [-0.39, 0.29) is 0 Å². The molecule has 0 amide bonds. The summed E-state index contributed by atoms with van der Waals surface area (Å²) in [4.78, 5) is 0. The fraction of sp³-hybridized carbons (Fsp3) is 0.143. The largest absolute Gasteiger partial charge is 0.381 e. The van der Waals surface area contributed by atoms with Gasteiger partial charge in [0, 0.05) is 20.3 Å². The van der Waals surface area contributed by atoms with E-state index in [2.05, 4.69) is 93.2 Å². The number of hydrogen-bond acceptors (Lipinski definition) is 1. The highest BCUT2D eigenvalue weighted by atomic mass is 127. The molecule has 17 heavy (non-hydrogen) atoms. The highest BCUT2D eigenvalue weighted by Crippen LogP contribution is 2.19. The fourth-order valence-electron chi connectivity index (χ4n) is 1.62. The molecular weight excluding hydrogens is 389 g/mol. The zero-order chi connectivity index (χ0) is 12.3. The van der Waals surface area contributed by atoms with E-state index in [9.17, 15) is 0 Å². The van der Waals surface area contributed by atoms with Crippen molar-refractivity contribution < 1.29 is 0 Å². The summed E-state index contributed by atoms with van der Waals surface area (Å²) in [5.74, 6) is 0. The molecule has 0 aliphatic carbocycles. The Morgan fingerprint density at radius 2 is 1.82 bits per heavy atom. The Morgan fingerprint density at radius 1 is 1.12 bits per heavy atom. The molecule has 0 radical (unpaired) electrons. The van der Waals surface area contributed by atoms with Gasteiger partial charge in [-0.25, -0.2) is 0 Å². The molecule has 0 saturated heterocycles. The standard InChI is InChI=1S/C14H13BrIN/c1-10-8-13(16)6-7-14(10)17-9-11-2-4-12(15)5-3-11/h2-8,17H,9H2,1H3. The van der Waals surface area contributed by atoms with Crippen molar-refractivity contribution in [3.63, 3.8) is 0 Å². The number of nitrogens with one attached hydrogen (secondary N) is 1. The molecule has 0 aromatic heterocycles. The molecule has 2 rings (SSSR count). The maximum Gasteiger partial charge on any atom is 0.0400 e. The first-order valence-corrected chi connectivity index (χ1v) is 7.27. The smallest absolute Gasteiger partial charge is 0.0400 e. The van der Waals surface area contributed by atoms with E-state index in [1.54, 1.807) is 0 Å². The average Bonchev–Trinajstić information content (AvgIpc) is 2.30. The minimum absolute atomic E-state index is 0.856. The van der Waals surface area contributed by atoms with Crippen LogP contribution in [0.15, 0.2) is 46.9 Å². The van der Waals surface area contributed by atoms with Crippen molar-refractivity contribution in [3.8, 4) is 0 Å². The van der Waals surface area contributed by atoms with Crippen LogP contribution in [0.4, 0.5) is 5.69 Å². The summed E-state index contributed by atoms with van der Waals surface area (Å²) in [6, 6.07) is 14.8. The fourth-order valence-corrected chi connectivity index (χ4v) is 2.54. The normalized spacial score (nSPS) is 10.3. The molecule has 1 nitrogen and oxygen atoms in total. The summed E-state index contributed by atoms with van der Waals surface area (Å²) in [5.41, 5.74) is 3.77. The van der Waals surface area contributed by atoms with Gasteiger partial charge in [-0.1, -0.05) is 28.1 Å². The second kappa shape index (κ2) is 5.87. The molecular formula is C14H13BrIN. The molecule has 0 bridgehead atoms. The molecule has 0 aliphatic heterocycles. The Balaban J connectivity index is 2.04. The topological polar surface area (TPSA) is 12.0 Å². The van der Waals surface area contributed by atoms with Crippen LogP contribution in [0.25, 0.3) is 0 Å². The van der Waals surface area contributed by atoms with Gasteiger partial charge in [-0.05, 0) is 71.0 Å². The van der Waals surface area contributed by atoms with E-state index in [0.29, 0.717) is 0 Å². The number of anilines is 1. The van der Waals surface area contributed by atoms with E-state index < -0.39 is 0 Å². The zero-order valence-corrected chi connectivity index (χ0v) is 13.2. The molecule has 0 heterocycles. The summed E-state index contributed by atoms with van der Waals surface area (Å²) < 4.78 is 2.39. The van der Waals surface area contributed by atoms with Crippen LogP contribution in [0.3, 0.4) is 0 Å². The lowest BCUT2D eigenvalue weighted by molar-refractivity contribution is 1.14. The second-order valence-electron chi connectivity index (χ2n) is 3.94. The van der Waals surface area contributed by atoms with Crippen molar-refractivity contribution in [1.29, 1.82) is 0 Å². The van der Waals surface area contributed by atoms with E-state index in [1.807, 2.05) is 0 Å². The van der Waals surface area contributed by atoms with E-state index in [1.165, 1.54) is 20.4 Å². The Hall–Kier alpha value is -0.550. The number of aryl methyl sites for hydroxylation is 1. The van der Waals surface area contributed by atoms with Crippen molar-refractivity contribution >= 4 is 44.2 Å². The summed E-state index contributed by atoms with van der Waals surface area (Å²) in [6.45, 7) is 2.99. The molecule has 2 aromatic carbocycles. The van der Waals surface area contributed by atoms with Crippen LogP contribution in [-0.4, -0.2) is 0 Å². The van der Waals surface area contributed by atoms with E-state index in [4.69, 9.17) is 0 Å². The second-order valence-corrected chi connectivity index (χ2v) is 6.10. The average molecular weight is 402 g/mol. The van der Waals surface area contributed by atoms with Gasteiger partial charge in [0.25, 0.3) is 0 Å². The first kappa shape index (κ1) is 12.9. The summed E-state index contributed by atoms with van der Waals surface area (Å²) in [7, 11) is 0. The van der Waals surface area contributed by atoms with Crippen LogP contribution in [0, 0.1) is 10.5 Å². The maximum atomic E-state index is 3.46. The van der Waals surface area contributed by atoms with Gasteiger partial charge in [-0.15, -0.1) is 0 Å². The van der Waals surface area contributed by atoms with Crippen LogP contribution in [0.1, 0.15) is 11.1 Å². The molecule has 3 heteroatoms. The predicted octanol–water partition coefficient (Wildman–Crippen LogP) is 4.97. The third-order valence-corrected chi connectivity index (χ3v) is 3.78. The highest BCUT2D eigenvalue weighted by molar-refractivity contribution is 14.1. The monoisotopic (exact) mass is 401 g/mol. The SMILES string of the molecule is Cc1cc(I)ccc1NCc1ccc(Br)cc1. The van der Waals surface area contributed by atoms with Crippen molar-refractivity contribution in [3.05, 3.63) is 61.6 Å². The zero-order valence-electron chi connectivity index (χ0n) is 9.50. The minimum Gasteiger partial charge on any atom is -0.381 e. The Kier molecular flexibility index (Phi) is 4.45. The third kappa shape index (κ3) is 3.71. The van der Waals surface area contributed by atoms with Gasteiger partial charge in [-0.2, -0.15) is 0 Å². The van der Waals surface area contributed by atoms with Crippen LogP contribution >= 0.6 is 38.5 Å². The Morgan fingerprint density at radius 3 is 2.47 bits per heavy atom. The van der Waals surface area contributed by atoms with Gasteiger partial charge in [0.2, 0.25) is 0 Å². The highest BCUT2D eigenvalue weighted by Gasteiger charge is 1.99. The van der Waals surface area contributed by atoms with Crippen molar-refractivity contribution in [2.24, 2.45) is 0 Å². The lowest BCUT2D eigenvalue weighted by atomic mass is 10.2. The lowest BCUT2D eigenvalue weighted by Gasteiger charge is -2.10. The number of hydrogen-bond donors (Lipinski definition) is 1. The number of benzene rings is 2. The summed E-state index contributed by atoms with van der Waals surface area (Å²) >= 11 is 5.77. The maximum absolute atomic E-state index is 3.46. The van der Waals surface area contributed by atoms with Crippen LogP contribution in [-0.2, 0) is 6.54 Å². The molecule has 0 saturated carbocycles. The van der Waals surface area contributed by atoms with E-state index >= 15 is 0 Å². The Labute approximate surface area is 124 Å². The third-order valence-electron chi connectivity index (χ3n) is 2.58. The van der Waals surface area contributed by atoms with Crippen LogP contribution in [0.2, 0.25) is 0 Å². The van der Waals surface area contributed by atoms with Crippen molar-refractivity contribution in [1.82, 2.24) is 0 Å². The molecule has 0 spiro atoms. The van der Waals surface area contributed by atoms with Gasteiger partial charge >= 0.3 is 0 Å². The number of halogens is 2. The molecule has 1 N–H and O–H groups in total. The molecule has 2 aromatic rings. The van der Waals surface area contributed by atoms with Crippen LogP contribution < -0.4 is 5.32 Å². The number of rotatable bonds is 3. The quantitative estimate of drug-likeness (QED) is 0.715. The molecule has 0 aliphatic rings. The summed E-state index contributed by atoms with van der Waals surface area (Å²) in [6.07, 6.45) is 0. The van der Waals surface area contributed by atoms with Gasteiger partial charge in [0.1, 0.15) is 0 Å². The predicted molar refractivity (Wildman–Crippen MR) is 85.4 cm³/mol. The molecule has 88 valence electrons. The van der Waals surface area contributed by atoms with E-state index in [0.717, 1.165) is 11.0 Å². The van der Waals surface area contributed by atoms with Gasteiger partial charge < -0.3 is 5.32 Å². The molecule has 0 atom stereocenters. The Bertz CT molecular complexity index is 508. The van der Waals surface area contributed by atoms with Gasteiger partial charge in [0.05, 0.1) is 0 Å². The summed E-state index contributed by atoms with van der Waals surface area (Å²) in [5, 5.41) is 3.46. The van der Waals surface area contributed by atoms with Crippen molar-refractivity contribution in [2.45, 2.75) is 13.5 Å². The minimum atomic E-state index is 0.856. The first-order valence-electron chi connectivity index (χ1n) is 5.39.